The summed E-state index contributed by atoms with van der Waals surface area (Å²) in [6.07, 6.45) is 4.54. The van der Waals surface area contributed by atoms with Crippen LogP contribution in [0.25, 0.3) is 0 Å². The zero-order chi connectivity index (χ0) is 17.6. The van der Waals surface area contributed by atoms with E-state index in [1.54, 1.807) is 0 Å². The van der Waals surface area contributed by atoms with Crippen molar-refractivity contribution in [2.45, 2.75) is 37.9 Å². The summed E-state index contributed by atoms with van der Waals surface area (Å²) < 4.78 is 24.6. The molecule has 0 radical (unpaired) electrons. The van der Waals surface area contributed by atoms with Gasteiger partial charge < -0.3 is 14.8 Å². The third-order valence-corrected chi connectivity index (χ3v) is 4.83. The van der Waals surface area contributed by atoms with E-state index in [1.807, 2.05) is 0 Å². The van der Waals surface area contributed by atoms with Crippen molar-refractivity contribution in [3.63, 3.8) is 0 Å². The second kappa shape index (κ2) is 8.94. The number of halogens is 2. The van der Waals surface area contributed by atoms with Crippen molar-refractivity contribution in [1.82, 2.24) is 4.90 Å². The number of anilines is 1. The summed E-state index contributed by atoms with van der Waals surface area (Å²) in [6, 6.07) is 4.16. The normalized spacial score (nSPS) is 23.3. The van der Waals surface area contributed by atoms with Gasteiger partial charge in [0.1, 0.15) is 5.82 Å². The van der Waals surface area contributed by atoms with Crippen molar-refractivity contribution in [3.05, 3.63) is 29.0 Å². The van der Waals surface area contributed by atoms with Crippen LogP contribution in [0.3, 0.4) is 0 Å². The lowest BCUT2D eigenvalue weighted by Crippen LogP contribution is -2.42. The van der Waals surface area contributed by atoms with E-state index in [9.17, 15) is 9.18 Å². The molecular weight excluding hydrogens is 347 g/mol. The molecule has 2 atom stereocenters. The zero-order valence-corrected chi connectivity index (χ0v) is 14.9. The minimum Gasteiger partial charge on any atom is -0.377 e. The molecule has 1 N–H and O–H groups in total. The second-order valence-corrected chi connectivity index (χ2v) is 7.05. The average Bonchev–Trinajstić information content (AvgIpc) is 3.25. The molecule has 0 bridgehead atoms. The molecule has 2 heterocycles. The molecule has 1 amide bonds. The molecule has 0 aromatic heterocycles. The largest absolute Gasteiger partial charge is 0.377 e. The van der Waals surface area contributed by atoms with Gasteiger partial charge in [0.05, 0.1) is 23.8 Å². The van der Waals surface area contributed by atoms with Crippen LogP contribution in [0.1, 0.15) is 25.7 Å². The van der Waals surface area contributed by atoms with Crippen LogP contribution in [0.15, 0.2) is 18.2 Å². The van der Waals surface area contributed by atoms with Gasteiger partial charge in [0.25, 0.3) is 0 Å². The van der Waals surface area contributed by atoms with Crippen molar-refractivity contribution < 1.29 is 18.7 Å². The second-order valence-electron chi connectivity index (χ2n) is 6.64. The number of ether oxygens (including phenoxy) is 2. The van der Waals surface area contributed by atoms with E-state index in [4.69, 9.17) is 21.1 Å². The molecule has 0 spiro atoms. The van der Waals surface area contributed by atoms with Crippen LogP contribution in [0.2, 0.25) is 5.02 Å². The van der Waals surface area contributed by atoms with Crippen LogP contribution in [-0.4, -0.2) is 55.9 Å². The monoisotopic (exact) mass is 370 g/mol. The maximum Gasteiger partial charge on any atom is 0.238 e. The summed E-state index contributed by atoms with van der Waals surface area (Å²) in [4.78, 5) is 14.5. The standard InChI is InChI=1S/C18H24ClFN2O3/c19-16-9-13(5-6-17(16)20)21-18(23)12-22(10-14-3-1-7-24-14)11-15-4-2-8-25-15/h5-6,9,14-15H,1-4,7-8,10-12H2,(H,21,23)/t14-,15-/m1/s1. The first kappa shape index (κ1) is 18.6. The summed E-state index contributed by atoms with van der Waals surface area (Å²) in [5.74, 6) is -0.656. The molecule has 2 aliphatic rings. The van der Waals surface area contributed by atoms with Crippen molar-refractivity contribution in [2.75, 3.05) is 38.2 Å². The molecule has 1 aromatic rings. The van der Waals surface area contributed by atoms with E-state index < -0.39 is 5.82 Å². The first-order valence-electron chi connectivity index (χ1n) is 8.80. The number of amides is 1. The van der Waals surface area contributed by atoms with Gasteiger partial charge in [-0.25, -0.2) is 4.39 Å². The number of hydrogen-bond acceptors (Lipinski definition) is 4. The van der Waals surface area contributed by atoms with Crippen molar-refractivity contribution in [3.8, 4) is 0 Å². The van der Waals surface area contributed by atoms with Gasteiger partial charge in [-0.15, -0.1) is 0 Å². The molecule has 3 rings (SSSR count). The lowest BCUT2D eigenvalue weighted by Gasteiger charge is -2.27. The number of benzene rings is 1. The molecule has 2 saturated heterocycles. The fraction of sp³-hybridized carbons (Fsp3) is 0.611. The molecular formula is C18H24ClFN2O3. The minimum atomic E-state index is -0.502. The minimum absolute atomic E-state index is 0.00614. The molecule has 0 unspecified atom stereocenters. The summed E-state index contributed by atoms with van der Waals surface area (Å²) in [6.45, 7) is 3.26. The van der Waals surface area contributed by atoms with E-state index >= 15 is 0 Å². The highest BCUT2D eigenvalue weighted by Crippen LogP contribution is 2.20. The third-order valence-electron chi connectivity index (χ3n) is 4.54. The van der Waals surface area contributed by atoms with Crippen molar-refractivity contribution >= 4 is 23.2 Å². The summed E-state index contributed by atoms with van der Waals surface area (Å²) >= 11 is 5.76. The van der Waals surface area contributed by atoms with Crippen LogP contribution in [0.5, 0.6) is 0 Å². The Morgan fingerprint density at radius 3 is 2.36 bits per heavy atom. The van der Waals surface area contributed by atoms with E-state index in [2.05, 4.69) is 10.2 Å². The van der Waals surface area contributed by atoms with Crippen LogP contribution in [-0.2, 0) is 14.3 Å². The Kier molecular flexibility index (Phi) is 6.64. The molecule has 1 aromatic carbocycles. The highest BCUT2D eigenvalue weighted by Gasteiger charge is 2.25. The van der Waals surface area contributed by atoms with Crippen molar-refractivity contribution in [1.29, 1.82) is 0 Å². The Labute approximate surface area is 152 Å². The Balaban J connectivity index is 1.56. The molecule has 0 aliphatic carbocycles. The zero-order valence-electron chi connectivity index (χ0n) is 14.2. The van der Waals surface area contributed by atoms with Gasteiger partial charge in [-0.05, 0) is 43.9 Å². The van der Waals surface area contributed by atoms with Crippen molar-refractivity contribution in [2.24, 2.45) is 0 Å². The van der Waals surface area contributed by atoms with Gasteiger partial charge in [0.15, 0.2) is 0 Å². The number of nitrogens with zero attached hydrogens (tertiary/aromatic N) is 1. The van der Waals surface area contributed by atoms with E-state index in [-0.39, 0.29) is 29.7 Å². The highest BCUT2D eigenvalue weighted by atomic mass is 35.5. The summed E-state index contributed by atoms with van der Waals surface area (Å²) in [5.41, 5.74) is 0.491. The Morgan fingerprint density at radius 2 is 1.84 bits per heavy atom. The predicted molar refractivity (Wildman–Crippen MR) is 94.4 cm³/mol. The summed E-state index contributed by atoms with van der Waals surface area (Å²) in [5, 5.41) is 2.77. The summed E-state index contributed by atoms with van der Waals surface area (Å²) in [7, 11) is 0. The average molecular weight is 371 g/mol. The number of nitrogens with one attached hydrogen (secondary N) is 1. The molecule has 7 heteroatoms. The van der Waals surface area contributed by atoms with Crippen LogP contribution < -0.4 is 5.32 Å². The fourth-order valence-electron chi connectivity index (χ4n) is 3.33. The number of carbonyl (C=O) groups is 1. The van der Waals surface area contributed by atoms with Gasteiger partial charge in [-0.3, -0.25) is 9.69 Å². The Morgan fingerprint density at radius 1 is 1.20 bits per heavy atom. The molecule has 5 nitrogen and oxygen atoms in total. The number of rotatable bonds is 7. The van der Waals surface area contributed by atoms with Gasteiger partial charge in [-0.2, -0.15) is 0 Å². The SMILES string of the molecule is O=C(CN(C[C@H]1CCCO1)C[C@H]1CCCO1)Nc1ccc(F)c(Cl)c1. The predicted octanol–water partition coefficient (Wildman–Crippen LogP) is 3.08. The van der Waals surface area contributed by atoms with Gasteiger partial charge in [0, 0.05) is 32.0 Å². The van der Waals surface area contributed by atoms with Gasteiger partial charge in [-0.1, -0.05) is 11.6 Å². The number of hydrogen-bond donors (Lipinski definition) is 1. The molecule has 138 valence electrons. The van der Waals surface area contributed by atoms with E-state index in [0.29, 0.717) is 5.69 Å². The molecule has 25 heavy (non-hydrogen) atoms. The topological polar surface area (TPSA) is 50.8 Å². The quantitative estimate of drug-likeness (QED) is 0.801. The van der Waals surface area contributed by atoms with Crippen LogP contribution in [0.4, 0.5) is 10.1 Å². The number of carbonyl (C=O) groups excluding carboxylic acids is 1. The third kappa shape index (κ3) is 5.64. The molecule has 0 saturated carbocycles. The van der Waals surface area contributed by atoms with Crippen LogP contribution >= 0.6 is 11.6 Å². The maximum absolute atomic E-state index is 13.2. The smallest absolute Gasteiger partial charge is 0.238 e. The van der Waals surface area contributed by atoms with E-state index in [1.165, 1.54) is 18.2 Å². The first-order chi connectivity index (χ1) is 12.1. The Hall–Kier alpha value is -1.21. The first-order valence-corrected chi connectivity index (χ1v) is 9.18. The lowest BCUT2D eigenvalue weighted by atomic mass is 10.2. The molecule has 2 fully saturated rings. The van der Waals surface area contributed by atoms with Crippen LogP contribution in [0, 0.1) is 5.82 Å². The van der Waals surface area contributed by atoms with Gasteiger partial charge >= 0.3 is 0 Å². The highest BCUT2D eigenvalue weighted by molar-refractivity contribution is 6.31. The maximum atomic E-state index is 13.2. The molecule has 2 aliphatic heterocycles. The lowest BCUT2D eigenvalue weighted by molar-refractivity contribution is -0.118. The Bertz CT molecular complexity index is 572. The fourth-order valence-corrected chi connectivity index (χ4v) is 3.51. The van der Waals surface area contributed by atoms with Gasteiger partial charge in [0.2, 0.25) is 5.91 Å². The van der Waals surface area contributed by atoms with E-state index in [0.717, 1.165) is 52.0 Å².